The number of nitrogens with one attached hydrogen (secondary N) is 3. The van der Waals surface area contributed by atoms with Crippen molar-refractivity contribution in [3.05, 3.63) is 72.9 Å². The van der Waals surface area contributed by atoms with E-state index in [1.807, 2.05) is 17.1 Å². The largest absolute Gasteiger partial charge is 0.469 e. The molecule has 12 nitrogen and oxygen atoms in total. The number of methoxy groups -OCH3 is 2. The normalized spacial score (nSPS) is 15.6. The number of aromatic amines is 2. The molecule has 3 N–H and O–H groups in total. The van der Waals surface area contributed by atoms with E-state index < -0.39 is 23.4 Å². The number of carbonyl (C=O) groups excluding carboxylic acids is 4. The molecule has 0 aromatic carbocycles. The van der Waals surface area contributed by atoms with E-state index in [1.165, 1.54) is 14.2 Å². The van der Waals surface area contributed by atoms with Gasteiger partial charge in [0.15, 0.2) is 0 Å². The molecule has 5 rings (SSSR count). The summed E-state index contributed by atoms with van der Waals surface area (Å²) in [4.78, 5) is 70.1. The van der Waals surface area contributed by atoms with Gasteiger partial charge in [0.05, 0.1) is 55.2 Å². The maximum Gasteiger partial charge on any atom is 0.310 e. The highest BCUT2D eigenvalue weighted by Crippen LogP contribution is 2.43. The summed E-state index contributed by atoms with van der Waals surface area (Å²) in [6.07, 6.45) is 3.92. The van der Waals surface area contributed by atoms with Gasteiger partial charge >= 0.3 is 17.9 Å². The Labute approximate surface area is 347 Å². The van der Waals surface area contributed by atoms with E-state index in [1.54, 1.807) is 20.8 Å². The van der Waals surface area contributed by atoms with E-state index in [0.29, 0.717) is 46.3 Å². The molecule has 2 aliphatic rings. The highest BCUT2D eigenvalue weighted by atomic mass is 127. The minimum Gasteiger partial charge on any atom is -0.469 e. The van der Waals surface area contributed by atoms with Crippen molar-refractivity contribution in [3.8, 4) is 0 Å². The fourth-order valence-corrected chi connectivity index (χ4v) is 8.03. The third-order valence-corrected chi connectivity index (χ3v) is 11.1. The van der Waals surface area contributed by atoms with E-state index in [-0.39, 0.29) is 43.6 Å². The standard InChI is InChI=1S/C44H54IN5O7/c1-11-27-23(2)32-21-36-28(15-17-45)24(3)31(48-36)20-33-25(4)29(13-12-14-37(51)55-9)41(49-33)30(19-39(53)56-10)42-40(26(5)34(50-42)22-35(27)47-32)43(54)46-18-16-38(52)57-44(6,7)8/h15,17,20-22,25,29,48,50H,11-14,16,18-19H2,1-10H3,(H,46,54)/b17-15+,31-20?,32-21?,33-20?,34-22?,35-22?,36-21?,41-30?,42-30?/t25-,29-/m0/s1. The number of halogens is 1. The monoisotopic (exact) mass is 891 g/mol. The van der Waals surface area contributed by atoms with E-state index in [9.17, 15) is 19.2 Å². The van der Waals surface area contributed by atoms with Crippen LogP contribution < -0.4 is 5.32 Å². The number of nitrogens with zero attached hydrogens (tertiary/aromatic N) is 2. The second kappa shape index (κ2) is 18.2. The van der Waals surface area contributed by atoms with Gasteiger partial charge in [-0.25, -0.2) is 4.98 Å². The average molecular weight is 892 g/mol. The maximum atomic E-state index is 14.4. The van der Waals surface area contributed by atoms with Crippen molar-refractivity contribution in [3.63, 3.8) is 0 Å². The van der Waals surface area contributed by atoms with Crippen LogP contribution in [0.3, 0.4) is 0 Å². The van der Waals surface area contributed by atoms with Crippen molar-refractivity contribution >= 4 is 85.7 Å². The molecular weight excluding hydrogens is 837 g/mol. The van der Waals surface area contributed by atoms with Crippen LogP contribution in [0, 0.1) is 13.8 Å². The van der Waals surface area contributed by atoms with Crippen LogP contribution in [0.25, 0.3) is 39.3 Å². The minimum atomic E-state index is -0.661. The fourth-order valence-electron chi connectivity index (χ4n) is 7.67. The zero-order valence-electron chi connectivity index (χ0n) is 34.6. The van der Waals surface area contributed by atoms with Crippen molar-refractivity contribution in [2.45, 2.75) is 111 Å². The molecule has 0 saturated carbocycles. The lowest BCUT2D eigenvalue weighted by molar-refractivity contribution is -0.154. The number of hydrogen-bond donors (Lipinski definition) is 3. The number of aromatic nitrogens is 4. The van der Waals surface area contributed by atoms with Crippen LogP contribution in [0.4, 0.5) is 0 Å². The summed E-state index contributed by atoms with van der Waals surface area (Å²) in [5.41, 5.74) is 10.9. The van der Waals surface area contributed by atoms with Crippen molar-refractivity contribution in [2.24, 2.45) is 0 Å². The topological polar surface area (TPSA) is 165 Å². The molecular formula is C44H54IN5O7. The second-order valence-electron chi connectivity index (χ2n) is 15.6. The number of esters is 3. The maximum absolute atomic E-state index is 14.4. The summed E-state index contributed by atoms with van der Waals surface area (Å²) in [5.74, 6) is -2.01. The quantitative estimate of drug-likeness (QED) is 0.0914. The third kappa shape index (κ3) is 9.68. The molecule has 3 aromatic heterocycles. The number of H-pyrrole nitrogens is 2. The van der Waals surface area contributed by atoms with Crippen molar-refractivity contribution < 1.29 is 33.4 Å². The molecule has 5 heterocycles. The molecule has 8 bridgehead atoms. The molecule has 0 aliphatic carbocycles. The van der Waals surface area contributed by atoms with Gasteiger partial charge in [-0.1, -0.05) is 36.4 Å². The summed E-state index contributed by atoms with van der Waals surface area (Å²) in [5, 5.41) is 2.93. The molecule has 304 valence electrons. The van der Waals surface area contributed by atoms with Crippen molar-refractivity contribution in [2.75, 3.05) is 20.8 Å². The molecule has 1 amide bonds. The smallest absolute Gasteiger partial charge is 0.310 e. The van der Waals surface area contributed by atoms with Gasteiger partial charge in [0.2, 0.25) is 0 Å². The first-order chi connectivity index (χ1) is 27.0. The Hall–Kier alpha value is -4.79. The van der Waals surface area contributed by atoms with Gasteiger partial charge in [0.1, 0.15) is 5.60 Å². The summed E-state index contributed by atoms with van der Waals surface area (Å²) in [6, 6.07) is 6.09. The van der Waals surface area contributed by atoms with Crippen LogP contribution in [0.1, 0.15) is 141 Å². The van der Waals surface area contributed by atoms with E-state index in [4.69, 9.17) is 24.2 Å². The Bertz CT molecular complexity index is 2310. The molecule has 2 atom stereocenters. The van der Waals surface area contributed by atoms with Crippen molar-refractivity contribution in [1.29, 1.82) is 0 Å². The first kappa shape index (κ1) is 43.3. The Morgan fingerprint density at radius 3 is 2.23 bits per heavy atom. The zero-order chi connectivity index (χ0) is 41.8. The SMILES string of the molecule is CCC1=C(C)c2cc3[nH]c(cc4nc(c(CC(=O)OC)c5[nH]c(cc1n2)c(C)c5C(=O)NCCC(=O)OC(C)(C)C)[C@@H](CCCC(=O)OC)[C@@H]4C)c(C)c3/C=C/I. The summed E-state index contributed by atoms with van der Waals surface area (Å²) >= 11 is 2.23. The molecule has 0 radical (unpaired) electrons. The molecule has 57 heavy (non-hydrogen) atoms. The Balaban J connectivity index is 1.89. The molecule has 2 aliphatic heterocycles. The lowest BCUT2D eigenvalue weighted by Gasteiger charge is -2.19. The number of fused-ring (bicyclic) bond motifs is 8. The Morgan fingerprint density at radius 1 is 0.895 bits per heavy atom. The number of aryl methyl sites for hydroxylation is 2. The van der Waals surface area contributed by atoms with Crippen molar-refractivity contribution in [1.82, 2.24) is 25.3 Å². The van der Waals surface area contributed by atoms with E-state index >= 15 is 0 Å². The minimum absolute atomic E-state index is 0.0227. The van der Waals surface area contributed by atoms with Gasteiger partial charge < -0.3 is 29.5 Å². The lowest BCUT2D eigenvalue weighted by Crippen LogP contribution is -2.30. The molecule has 0 saturated heterocycles. The summed E-state index contributed by atoms with van der Waals surface area (Å²) in [6.45, 7) is 15.6. The number of allylic oxidation sites excluding steroid dienone is 2. The van der Waals surface area contributed by atoms with Gasteiger partial charge in [-0.3, -0.25) is 24.2 Å². The van der Waals surface area contributed by atoms with Crippen LogP contribution in [-0.4, -0.2) is 70.1 Å². The van der Waals surface area contributed by atoms with Crippen LogP contribution in [0.15, 0.2) is 22.3 Å². The number of amides is 1. The van der Waals surface area contributed by atoms with Crippen LogP contribution in [0.2, 0.25) is 0 Å². The molecule has 3 aromatic rings. The zero-order valence-corrected chi connectivity index (χ0v) is 36.8. The third-order valence-electron chi connectivity index (χ3n) is 10.7. The van der Waals surface area contributed by atoms with E-state index in [0.717, 1.165) is 56.8 Å². The predicted molar refractivity (Wildman–Crippen MR) is 232 cm³/mol. The number of ether oxygens (including phenoxy) is 3. The van der Waals surface area contributed by atoms with Crippen LogP contribution >= 0.6 is 22.6 Å². The molecule has 0 fully saturated rings. The van der Waals surface area contributed by atoms with Crippen LogP contribution in [-0.2, 0) is 35.0 Å². The van der Waals surface area contributed by atoms with Gasteiger partial charge in [0.25, 0.3) is 5.91 Å². The second-order valence-corrected chi connectivity index (χ2v) is 16.3. The first-order valence-corrected chi connectivity index (χ1v) is 20.6. The number of hydrogen-bond acceptors (Lipinski definition) is 9. The average Bonchev–Trinajstić information content (AvgIpc) is 3.83. The Kier molecular flexibility index (Phi) is 13.8. The van der Waals surface area contributed by atoms with Gasteiger partial charge in [-0.2, -0.15) is 0 Å². The van der Waals surface area contributed by atoms with E-state index in [2.05, 4.69) is 83.8 Å². The lowest BCUT2D eigenvalue weighted by atomic mass is 9.84. The predicted octanol–water partition coefficient (Wildman–Crippen LogP) is 9.09. The highest BCUT2D eigenvalue weighted by molar-refractivity contribution is 14.1. The number of carbonyl (C=O) groups is 4. The highest BCUT2D eigenvalue weighted by Gasteiger charge is 2.33. The first-order valence-electron chi connectivity index (χ1n) is 19.4. The molecule has 0 unspecified atom stereocenters. The molecule has 13 heteroatoms. The Morgan fingerprint density at radius 2 is 1.58 bits per heavy atom. The summed E-state index contributed by atoms with van der Waals surface area (Å²) < 4.78 is 17.7. The van der Waals surface area contributed by atoms with Gasteiger partial charge in [0, 0.05) is 58.2 Å². The molecule has 0 spiro atoms. The fraction of sp³-hybridized carbons (Fsp3) is 0.455. The van der Waals surface area contributed by atoms with Crippen LogP contribution in [0.5, 0.6) is 0 Å². The van der Waals surface area contributed by atoms with Gasteiger partial charge in [-0.05, 0) is 111 Å². The number of rotatable bonds is 12. The van der Waals surface area contributed by atoms with Gasteiger partial charge in [-0.15, -0.1) is 0 Å². The summed E-state index contributed by atoms with van der Waals surface area (Å²) in [7, 11) is 2.70.